The summed E-state index contributed by atoms with van der Waals surface area (Å²) in [6.45, 7) is 5.63. The Labute approximate surface area is 150 Å². The molecule has 0 spiro atoms. The molecule has 1 heterocycles. The van der Waals surface area contributed by atoms with Crippen molar-refractivity contribution in [1.29, 1.82) is 0 Å². The van der Waals surface area contributed by atoms with Gasteiger partial charge in [-0.3, -0.25) is 4.79 Å². The van der Waals surface area contributed by atoms with Crippen molar-refractivity contribution in [2.75, 3.05) is 5.32 Å². The van der Waals surface area contributed by atoms with Crippen molar-refractivity contribution >= 4 is 40.5 Å². The number of hydrogen-bond acceptors (Lipinski definition) is 4. The Bertz CT molecular complexity index is 742. The Hall–Kier alpha value is -1.85. The van der Waals surface area contributed by atoms with E-state index in [1.54, 1.807) is 31.2 Å². The van der Waals surface area contributed by atoms with E-state index in [1.165, 1.54) is 11.3 Å². The average Bonchev–Trinajstić information content (AvgIpc) is 2.89. The second kappa shape index (κ2) is 8.31. The number of benzene rings is 1. The van der Waals surface area contributed by atoms with Gasteiger partial charge >= 0.3 is 5.97 Å². The van der Waals surface area contributed by atoms with E-state index in [4.69, 9.17) is 16.3 Å². The predicted molar refractivity (Wildman–Crippen MR) is 98.0 cm³/mol. The molecule has 0 unspecified atom stereocenters. The van der Waals surface area contributed by atoms with Crippen molar-refractivity contribution in [3.8, 4) is 0 Å². The van der Waals surface area contributed by atoms with Gasteiger partial charge in [0.05, 0.1) is 0 Å². The van der Waals surface area contributed by atoms with E-state index in [9.17, 15) is 9.59 Å². The number of amides is 1. The van der Waals surface area contributed by atoms with E-state index >= 15 is 0 Å². The molecule has 1 atom stereocenters. The third-order valence-electron chi connectivity index (χ3n) is 3.49. The summed E-state index contributed by atoms with van der Waals surface area (Å²) in [5.74, 6) is -0.869. The fourth-order valence-electron chi connectivity index (χ4n) is 2.22. The maximum Gasteiger partial charge on any atom is 0.349 e. The molecule has 0 aliphatic heterocycles. The molecule has 1 amide bonds. The number of thiophene rings is 1. The highest BCUT2D eigenvalue weighted by molar-refractivity contribution is 7.14. The van der Waals surface area contributed by atoms with Gasteiger partial charge < -0.3 is 10.1 Å². The highest BCUT2D eigenvalue weighted by atomic mass is 35.5. The van der Waals surface area contributed by atoms with Gasteiger partial charge in [0.15, 0.2) is 6.10 Å². The van der Waals surface area contributed by atoms with Gasteiger partial charge in [0.1, 0.15) is 4.88 Å². The van der Waals surface area contributed by atoms with Crippen LogP contribution >= 0.6 is 22.9 Å². The van der Waals surface area contributed by atoms with Crippen LogP contribution in [-0.2, 0) is 16.0 Å². The maximum absolute atomic E-state index is 12.2. The third kappa shape index (κ3) is 4.82. The first-order valence-electron chi connectivity index (χ1n) is 7.77. The number of ether oxygens (including phenoxy) is 1. The van der Waals surface area contributed by atoms with Gasteiger partial charge in [0.25, 0.3) is 5.91 Å². The van der Waals surface area contributed by atoms with Crippen LogP contribution in [0.15, 0.2) is 30.3 Å². The average molecular weight is 366 g/mol. The van der Waals surface area contributed by atoms with Gasteiger partial charge in [0.2, 0.25) is 0 Å². The molecule has 1 aromatic heterocycles. The highest BCUT2D eigenvalue weighted by Gasteiger charge is 2.21. The Morgan fingerprint density at radius 1 is 1.33 bits per heavy atom. The molecule has 0 bridgehead atoms. The zero-order valence-electron chi connectivity index (χ0n) is 13.9. The third-order valence-corrected chi connectivity index (χ3v) is 4.79. The highest BCUT2D eigenvalue weighted by Crippen LogP contribution is 2.24. The quantitative estimate of drug-likeness (QED) is 0.744. The Morgan fingerprint density at radius 3 is 2.75 bits per heavy atom. The van der Waals surface area contributed by atoms with E-state index in [2.05, 4.69) is 12.2 Å². The number of nitrogens with one attached hydrogen (secondary N) is 1. The monoisotopic (exact) mass is 365 g/mol. The van der Waals surface area contributed by atoms with E-state index in [1.807, 2.05) is 13.0 Å². The van der Waals surface area contributed by atoms with Crippen LogP contribution in [0.25, 0.3) is 0 Å². The number of rotatable bonds is 6. The summed E-state index contributed by atoms with van der Waals surface area (Å²) < 4.78 is 5.27. The van der Waals surface area contributed by atoms with Gasteiger partial charge in [-0.2, -0.15) is 0 Å². The van der Waals surface area contributed by atoms with Crippen LogP contribution in [0.2, 0.25) is 5.02 Å². The van der Waals surface area contributed by atoms with E-state index in [0.29, 0.717) is 15.6 Å². The number of esters is 1. The lowest BCUT2D eigenvalue weighted by Gasteiger charge is -2.13. The van der Waals surface area contributed by atoms with Crippen LogP contribution in [0.1, 0.15) is 40.4 Å². The smallest absolute Gasteiger partial charge is 0.349 e. The number of aryl methyl sites for hydroxylation is 2. The van der Waals surface area contributed by atoms with Gasteiger partial charge in [0, 0.05) is 15.6 Å². The summed E-state index contributed by atoms with van der Waals surface area (Å²) in [4.78, 5) is 26.0. The molecular weight excluding hydrogens is 346 g/mol. The van der Waals surface area contributed by atoms with Gasteiger partial charge in [-0.15, -0.1) is 11.3 Å². The minimum Gasteiger partial charge on any atom is -0.448 e. The minimum absolute atomic E-state index is 0.396. The summed E-state index contributed by atoms with van der Waals surface area (Å²) in [6.07, 6.45) is 1.05. The molecule has 4 nitrogen and oxygen atoms in total. The molecule has 24 heavy (non-hydrogen) atoms. The second-order valence-electron chi connectivity index (χ2n) is 5.49. The molecule has 2 aromatic rings. The summed E-state index contributed by atoms with van der Waals surface area (Å²) in [6, 6.07) is 8.66. The summed E-state index contributed by atoms with van der Waals surface area (Å²) in [5.41, 5.74) is 1.72. The molecule has 1 N–H and O–H groups in total. The predicted octanol–water partition coefficient (Wildman–Crippen LogP) is 4.85. The first-order valence-corrected chi connectivity index (χ1v) is 8.97. The van der Waals surface area contributed by atoms with Crippen molar-refractivity contribution in [1.82, 2.24) is 0 Å². The Morgan fingerprint density at radius 2 is 2.08 bits per heavy atom. The molecule has 0 saturated heterocycles. The SMILES string of the molecule is CCCc1cc(C(=O)O[C@H](C)C(=O)Nc2cccc(Cl)c2)sc1C. The molecule has 0 aliphatic rings. The van der Waals surface area contributed by atoms with Gasteiger partial charge in [-0.05, 0) is 50.1 Å². The van der Waals surface area contributed by atoms with Crippen LogP contribution in [0.3, 0.4) is 0 Å². The van der Waals surface area contributed by atoms with Crippen molar-refractivity contribution in [3.63, 3.8) is 0 Å². The van der Waals surface area contributed by atoms with E-state index in [-0.39, 0.29) is 0 Å². The van der Waals surface area contributed by atoms with Crippen molar-refractivity contribution in [3.05, 3.63) is 50.7 Å². The molecule has 0 saturated carbocycles. The first-order chi connectivity index (χ1) is 11.4. The lowest BCUT2D eigenvalue weighted by molar-refractivity contribution is -0.123. The molecule has 0 aliphatic carbocycles. The Balaban J connectivity index is 1.97. The zero-order chi connectivity index (χ0) is 17.7. The lowest BCUT2D eigenvalue weighted by atomic mass is 10.1. The molecule has 0 radical (unpaired) electrons. The van der Waals surface area contributed by atoms with Crippen LogP contribution < -0.4 is 5.32 Å². The van der Waals surface area contributed by atoms with Crippen LogP contribution in [0.5, 0.6) is 0 Å². The van der Waals surface area contributed by atoms with Crippen LogP contribution in [0, 0.1) is 6.92 Å². The van der Waals surface area contributed by atoms with Crippen LogP contribution in [0.4, 0.5) is 5.69 Å². The van der Waals surface area contributed by atoms with Crippen molar-refractivity contribution in [2.24, 2.45) is 0 Å². The number of halogens is 1. The number of hydrogen-bond donors (Lipinski definition) is 1. The summed E-state index contributed by atoms with van der Waals surface area (Å²) >= 11 is 7.28. The molecular formula is C18H20ClNO3S. The summed E-state index contributed by atoms with van der Waals surface area (Å²) in [5, 5.41) is 3.20. The van der Waals surface area contributed by atoms with E-state index in [0.717, 1.165) is 23.3 Å². The van der Waals surface area contributed by atoms with E-state index < -0.39 is 18.0 Å². The fraction of sp³-hybridized carbons (Fsp3) is 0.333. The van der Waals surface area contributed by atoms with Crippen molar-refractivity contribution in [2.45, 2.75) is 39.7 Å². The molecule has 6 heteroatoms. The zero-order valence-corrected chi connectivity index (χ0v) is 15.5. The molecule has 1 aromatic carbocycles. The fourth-order valence-corrected chi connectivity index (χ4v) is 3.37. The van der Waals surface area contributed by atoms with Crippen molar-refractivity contribution < 1.29 is 14.3 Å². The standard InChI is InChI=1S/C18H20ClNO3S/c1-4-6-13-9-16(24-12(13)3)18(22)23-11(2)17(21)20-15-8-5-7-14(19)10-15/h5,7-11H,4,6H2,1-3H3,(H,20,21)/t11-/m1/s1. The molecule has 0 fully saturated rings. The van der Waals surface area contributed by atoms with Gasteiger partial charge in [-0.1, -0.05) is 31.0 Å². The van der Waals surface area contributed by atoms with Crippen LogP contribution in [-0.4, -0.2) is 18.0 Å². The normalized spacial score (nSPS) is 11.8. The largest absolute Gasteiger partial charge is 0.448 e. The first kappa shape index (κ1) is 18.5. The number of carbonyl (C=O) groups is 2. The minimum atomic E-state index is -0.895. The number of carbonyl (C=O) groups excluding carboxylic acids is 2. The second-order valence-corrected chi connectivity index (χ2v) is 7.18. The maximum atomic E-state index is 12.2. The molecule has 128 valence electrons. The lowest BCUT2D eigenvalue weighted by Crippen LogP contribution is -2.29. The topological polar surface area (TPSA) is 55.4 Å². The summed E-state index contributed by atoms with van der Waals surface area (Å²) in [7, 11) is 0. The Kier molecular flexibility index (Phi) is 6.40. The van der Waals surface area contributed by atoms with Gasteiger partial charge in [-0.25, -0.2) is 4.79 Å². The number of anilines is 1. The molecule has 2 rings (SSSR count).